The Hall–Kier alpha value is -2.45. The first-order valence-corrected chi connectivity index (χ1v) is 16.4. The standard InChI is InChI=1S/C36H54O8/c1-19(2)20(3)10-11-21(4)24-13-14-25-23-12-15-27-34(6,7)32(44-29(41)17-16-28(39)40)26(38)18-35(27,8)30(23)31(42)33(36(24,25)9)43-22(5)37/h14,19,21,24,26-27,31-33,38,42H,3,10-13,15-18H2,1-2,4-9H3,(H,39,40)/t21-,24-,26-,27?,31-,32+,33+,35+,36-/m1/s1. The highest BCUT2D eigenvalue weighted by atomic mass is 16.6. The van der Waals surface area contributed by atoms with Crippen LogP contribution in [0.4, 0.5) is 0 Å². The summed E-state index contributed by atoms with van der Waals surface area (Å²) in [6.45, 7) is 20.5. The largest absolute Gasteiger partial charge is 0.481 e. The van der Waals surface area contributed by atoms with Crippen molar-refractivity contribution in [3.63, 3.8) is 0 Å². The molecule has 0 bridgehead atoms. The molecule has 0 aromatic rings. The second kappa shape index (κ2) is 12.4. The van der Waals surface area contributed by atoms with Gasteiger partial charge in [-0.1, -0.05) is 66.7 Å². The van der Waals surface area contributed by atoms with Gasteiger partial charge in [0, 0.05) is 17.8 Å². The average molecular weight is 615 g/mol. The third-order valence-electron chi connectivity index (χ3n) is 12.0. The van der Waals surface area contributed by atoms with Crippen LogP contribution in [0.2, 0.25) is 0 Å². The number of esters is 2. The van der Waals surface area contributed by atoms with Gasteiger partial charge in [0.2, 0.25) is 0 Å². The number of allylic oxidation sites excluding steroid dienone is 3. The first kappa shape index (κ1) is 34.4. The van der Waals surface area contributed by atoms with Crippen molar-refractivity contribution in [2.75, 3.05) is 0 Å². The predicted molar refractivity (Wildman–Crippen MR) is 167 cm³/mol. The van der Waals surface area contributed by atoms with Crippen LogP contribution in [-0.2, 0) is 23.9 Å². The maximum Gasteiger partial charge on any atom is 0.306 e. The van der Waals surface area contributed by atoms with E-state index >= 15 is 0 Å². The number of carbonyl (C=O) groups is 3. The Morgan fingerprint density at radius 3 is 2.27 bits per heavy atom. The number of hydrogen-bond donors (Lipinski definition) is 3. The summed E-state index contributed by atoms with van der Waals surface area (Å²) in [5.41, 5.74) is 2.50. The maximum atomic E-state index is 12.6. The smallest absolute Gasteiger partial charge is 0.306 e. The summed E-state index contributed by atoms with van der Waals surface area (Å²) in [6, 6.07) is 0. The zero-order valence-corrected chi connectivity index (χ0v) is 27.9. The quantitative estimate of drug-likeness (QED) is 0.197. The second-order valence-corrected chi connectivity index (χ2v) is 15.3. The molecular formula is C36H54O8. The minimum atomic E-state index is -1.08. The zero-order chi connectivity index (χ0) is 32.9. The van der Waals surface area contributed by atoms with Gasteiger partial charge in [0.05, 0.1) is 18.9 Å². The summed E-state index contributed by atoms with van der Waals surface area (Å²) >= 11 is 0. The van der Waals surface area contributed by atoms with Gasteiger partial charge in [0.15, 0.2) is 0 Å². The molecule has 1 saturated carbocycles. The number of fused-ring (bicyclic) bond motifs is 4. The normalized spacial score (nSPS) is 36.5. The highest BCUT2D eigenvalue weighted by molar-refractivity contribution is 5.76. The van der Waals surface area contributed by atoms with Gasteiger partial charge < -0.3 is 24.8 Å². The molecule has 44 heavy (non-hydrogen) atoms. The van der Waals surface area contributed by atoms with E-state index in [1.807, 2.05) is 13.8 Å². The van der Waals surface area contributed by atoms with Crippen molar-refractivity contribution in [2.24, 2.45) is 39.9 Å². The van der Waals surface area contributed by atoms with Crippen molar-refractivity contribution in [1.82, 2.24) is 0 Å². The molecule has 0 amide bonds. The number of aliphatic hydroxyl groups is 2. The summed E-state index contributed by atoms with van der Waals surface area (Å²) in [4.78, 5) is 36.1. The lowest BCUT2D eigenvalue weighted by atomic mass is 9.45. The predicted octanol–water partition coefficient (Wildman–Crippen LogP) is 6.15. The summed E-state index contributed by atoms with van der Waals surface area (Å²) in [6.07, 6.45) is 2.60. The van der Waals surface area contributed by atoms with Crippen LogP contribution in [0, 0.1) is 39.9 Å². The molecule has 0 aromatic heterocycles. The SMILES string of the molecule is C=C(CC[C@@H](C)[C@H]1CC=C2C3=C([C@@H](O)[C@H](OC(C)=O)[C@@]21C)[C@@]1(C)C[C@@H](O)[C@H](OC(=O)CCC(=O)O)C(C)(C)C1CC3)C(C)C. The molecule has 1 fully saturated rings. The Kier molecular flexibility index (Phi) is 9.69. The minimum Gasteiger partial charge on any atom is -0.481 e. The molecule has 8 nitrogen and oxygen atoms in total. The van der Waals surface area contributed by atoms with E-state index in [2.05, 4.69) is 47.3 Å². The van der Waals surface area contributed by atoms with E-state index in [1.165, 1.54) is 12.5 Å². The van der Waals surface area contributed by atoms with Crippen LogP contribution in [0.25, 0.3) is 0 Å². The van der Waals surface area contributed by atoms with Gasteiger partial charge >= 0.3 is 17.9 Å². The van der Waals surface area contributed by atoms with Gasteiger partial charge in [-0.15, -0.1) is 0 Å². The van der Waals surface area contributed by atoms with Crippen LogP contribution in [0.1, 0.15) is 107 Å². The van der Waals surface area contributed by atoms with Crippen molar-refractivity contribution in [2.45, 2.75) is 131 Å². The Morgan fingerprint density at radius 1 is 1.02 bits per heavy atom. The summed E-state index contributed by atoms with van der Waals surface area (Å²) in [7, 11) is 0. The Balaban J connectivity index is 1.71. The van der Waals surface area contributed by atoms with E-state index in [-0.39, 0.29) is 31.1 Å². The van der Waals surface area contributed by atoms with Gasteiger partial charge in [-0.3, -0.25) is 14.4 Å². The average Bonchev–Trinajstić information content (AvgIpc) is 3.27. The summed E-state index contributed by atoms with van der Waals surface area (Å²) in [5, 5.41) is 32.8. The molecule has 0 spiro atoms. The molecule has 0 radical (unpaired) electrons. The number of aliphatic carboxylic acids is 1. The monoisotopic (exact) mass is 614 g/mol. The lowest BCUT2D eigenvalue weighted by molar-refractivity contribution is -0.198. The van der Waals surface area contributed by atoms with Crippen LogP contribution in [0.5, 0.6) is 0 Å². The van der Waals surface area contributed by atoms with E-state index in [0.717, 1.165) is 48.8 Å². The number of carboxylic acid groups (broad SMARTS) is 1. The van der Waals surface area contributed by atoms with Crippen molar-refractivity contribution in [1.29, 1.82) is 0 Å². The highest BCUT2D eigenvalue weighted by Gasteiger charge is 2.65. The number of ether oxygens (including phenoxy) is 2. The second-order valence-electron chi connectivity index (χ2n) is 15.3. The number of hydrogen-bond acceptors (Lipinski definition) is 7. The highest BCUT2D eigenvalue weighted by Crippen LogP contribution is 2.67. The van der Waals surface area contributed by atoms with E-state index in [4.69, 9.17) is 14.6 Å². The maximum absolute atomic E-state index is 12.6. The first-order valence-electron chi connectivity index (χ1n) is 16.4. The van der Waals surface area contributed by atoms with Crippen LogP contribution in [0.15, 0.2) is 34.9 Å². The van der Waals surface area contributed by atoms with E-state index < -0.39 is 58.6 Å². The molecule has 246 valence electrons. The third kappa shape index (κ3) is 5.81. The molecule has 4 rings (SSSR count). The zero-order valence-electron chi connectivity index (χ0n) is 27.9. The van der Waals surface area contributed by atoms with Crippen LogP contribution < -0.4 is 0 Å². The molecule has 4 aliphatic carbocycles. The lowest BCUT2D eigenvalue weighted by Crippen LogP contribution is -2.63. The first-order chi connectivity index (χ1) is 20.4. The topological polar surface area (TPSA) is 130 Å². The molecule has 9 atom stereocenters. The molecule has 8 heteroatoms. The number of carbonyl (C=O) groups excluding carboxylic acids is 2. The van der Waals surface area contributed by atoms with Crippen LogP contribution >= 0.6 is 0 Å². The Morgan fingerprint density at radius 2 is 1.68 bits per heavy atom. The van der Waals surface area contributed by atoms with Gasteiger partial charge in [0.1, 0.15) is 18.3 Å². The number of rotatable bonds is 10. The summed E-state index contributed by atoms with van der Waals surface area (Å²) < 4.78 is 11.8. The molecule has 4 aliphatic rings. The lowest BCUT2D eigenvalue weighted by Gasteiger charge is -2.62. The van der Waals surface area contributed by atoms with Crippen molar-refractivity contribution in [3.8, 4) is 0 Å². The van der Waals surface area contributed by atoms with Crippen LogP contribution in [0.3, 0.4) is 0 Å². The molecule has 0 heterocycles. The fourth-order valence-corrected chi connectivity index (χ4v) is 9.68. The number of aliphatic hydroxyl groups excluding tert-OH is 2. The number of carboxylic acids is 1. The van der Waals surface area contributed by atoms with E-state index in [1.54, 1.807) is 0 Å². The van der Waals surface area contributed by atoms with Gasteiger partial charge in [0.25, 0.3) is 0 Å². The van der Waals surface area contributed by atoms with Crippen LogP contribution in [-0.4, -0.2) is 57.6 Å². The van der Waals surface area contributed by atoms with E-state index in [9.17, 15) is 24.6 Å². The fraction of sp³-hybridized carbons (Fsp3) is 0.750. The van der Waals surface area contributed by atoms with Crippen molar-refractivity contribution >= 4 is 17.9 Å². The van der Waals surface area contributed by atoms with Gasteiger partial charge in [-0.05, 0) is 84.3 Å². The molecule has 0 aromatic carbocycles. The molecule has 1 unspecified atom stereocenters. The molecule has 0 saturated heterocycles. The Bertz CT molecular complexity index is 1240. The van der Waals surface area contributed by atoms with Crippen molar-refractivity contribution in [3.05, 3.63) is 34.9 Å². The molecular weight excluding hydrogens is 560 g/mol. The van der Waals surface area contributed by atoms with Gasteiger partial charge in [-0.25, -0.2) is 0 Å². The molecule has 3 N–H and O–H groups in total. The third-order valence-corrected chi connectivity index (χ3v) is 12.0. The van der Waals surface area contributed by atoms with Crippen molar-refractivity contribution < 1.29 is 39.2 Å². The fourth-order valence-electron chi connectivity index (χ4n) is 9.68. The summed E-state index contributed by atoms with van der Waals surface area (Å²) in [5.74, 6) is -1.28. The van der Waals surface area contributed by atoms with Gasteiger partial charge in [-0.2, -0.15) is 0 Å². The molecule has 0 aliphatic heterocycles. The minimum absolute atomic E-state index is 0.0508. The van der Waals surface area contributed by atoms with E-state index in [0.29, 0.717) is 11.8 Å². The Labute approximate surface area is 263 Å².